The van der Waals surface area contributed by atoms with Crippen molar-refractivity contribution in [1.82, 2.24) is 0 Å². The van der Waals surface area contributed by atoms with Gasteiger partial charge in [-0.2, -0.15) is 0 Å². The van der Waals surface area contributed by atoms with Crippen molar-refractivity contribution in [1.29, 1.82) is 0 Å². The number of benzene rings is 2. The van der Waals surface area contributed by atoms with Crippen LogP contribution in [0.15, 0.2) is 42.5 Å². The van der Waals surface area contributed by atoms with Gasteiger partial charge in [-0.1, -0.05) is 23.7 Å². The van der Waals surface area contributed by atoms with Crippen molar-refractivity contribution in [3.05, 3.63) is 58.6 Å². The SMILES string of the molecule is CCN1C(=O)Cc2cc(NC(=O)Cc3ccc(Cl)cc3)ccc21. The number of amides is 2. The van der Waals surface area contributed by atoms with Crippen LogP contribution < -0.4 is 10.2 Å². The molecular weight excluding hydrogens is 312 g/mol. The lowest BCUT2D eigenvalue weighted by molar-refractivity contribution is -0.117. The fourth-order valence-corrected chi connectivity index (χ4v) is 2.93. The summed E-state index contributed by atoms with van der Waals surface area (Å²) >= 11 is 5.84. The molecule has 0 atom stereocenters. The number of carbonyl (C=O) groups is 2. The first kappa shape index (κ1) is 15.6. The smallest absolute Gasteiger partial charge is 0.231 e. The normalized spacial score (nSPS) is 13.1. The number of hydrogen-bond acceptors (Lipinski definition) is 2. The number of rotatable bonds is 4. The van der Waals surface area contributed by atoms with Gasteiger partial charge < -0.3 is 10.2 Å². The van der Waals surface area contributed by atoms with E-state index < -0.39 is 0 Å². The molecule has 2 aromatic rings. The summed E-state index contributed by atoms with van der Waals surface area (Å²) in [6, 6.07) is 12.8. The molecule has 0 aliphatic carbocycles. The third-order valence-electron chi connectivity index (χ3n) is 3.89. The van der Waals surface area contributed by atoms with Crippen LogP contribution in [0.25, 0.3) is 0 Å². The van der Waals surface area contributed by atoms with Crippen LogP contribution in [0.2, 0.25) is 5.02 Å². The van der Waals surface area contributed by atoms with E-state index in [0.29, 0.717) is 23.7 Å². The van der Waals surface area contributed by atoms with Gasteiger partial charge >= 0.3 is 0 Å². The highest BCUT2D eigenvalue weighted by atomic mass is 35.5. The van der Waals surface area contributed by atoms with Crippen molar-refractivity contribution >= 4 is 34.8 Å². The molecular formula is C18H17ClN2O2. The zero-order chi connectivity index (χ0) is 16.4. The maximum atomic E-state index is 12.1. The Morgan fingerprint density at radius 3 is 2.65 bits per heavy atom. The van der Waals surface area contributed by atoms with E-state index in [2.05, 4.69) is 5.32 Å². The van der Waals surface area contributed by atoms with E-state index in [-0.39, 0.29) is 18.2 Å². The topological polar surface area (TPSA) is 49.4 Å². The van der Waals surface area contributed by atoms with Gasteiger partial charge in [0.05, 0.1) is 12.8 Å². The summed E-state index contributed by atoms with van der Waals surface area (Å²) < 4.78 is 0. The molecule has 4 nitrogen and oxygen atoms in total. The fraction of sp³-hybridized carbons (Fsp3) is 0.222. The van der Waals surface area contributed by atoms with Crippen molar-refractivity contribution < 1.29 is 9.59 Å². The van der Waals surface area contributed by atoms with Crippen molar-refractivity contribution in [3.63, 3.8) is 0 Å². The molecule has 1 N–H and O–H groups in total. The van der Waals surface area contributed by atoms with Crippen LogP contribution in [0.3, 0.4) is 0 Å². The first-order valence-electron chi connectivity index (χ1n) is 7.54. The Bertz CT molecular complexity index is 756. The highest BCUT2D eigenvalue weighted by molar-refractivity contribution is 6.30. The minimum absolute atomic E-state index is 0.0936. The van der Waals surface area contributed by atoms with Crippen LogP contribution in [0.5, 0.6) is 0 Å². The lowest BCUT2D eigenvalue weighted by atomic mass is 10.1. The van der Waals surface area contributed by atoms with Crippen molar-refractivity contribution in [3.8, 4) is 0 Å². The van der Waals surface area contributed by atoms with E-state index >= 15 is 0 Å². The molecule has 0 unspecified atom stereocenters. The number of halogens is 1. The van der Waals surface area contributed by atoms with E-state index in [9.17, 15) is 9.59 Å². The predicted octanol–water partition coefficient (Wildman–Crippen LogP) is 3.43. The summed E-state index contributed by atoms with van der Waals surface area (Å²) in [6.45, 7) is 2.61. The number of nitrogens with zero attached hydrogens (tertiary/aromatic N) is 1. The van der Waals surface area contributed by atoms with Crippen molar-refractivity contribution in [2.24, 2.45) is 0 Å². The molecule has 2 amide bonds. The lowest BCUT2D eigenvalue weighted by Crippen LogP contribution is -2.25. The van der Waals surface area contributed by atoms with E-state index in [4.69, 9.17) is 11.6 Å². The predicted molar refractivity (Wildman–Crippen MR) is 92.0 cm³/mol. The number of carbonyl (C=O) groups excluding carboxylic acids is 2. The molecule has 5 heteroatoms. The number of fused-ring (bicyclic) bond motifs is 1. The zero-order valence-electron chi connectivity index (χ0n) is 12.8. The summed E-state index contributed by atoms with van der Waals surface area (Å²) in [4.78, 5) is 25.8. The Labute approximate surface area is 140 Å². The summed E-state index contributed by atoms with van der Waals surface area (Å²) in [5.74, 6) is 0.0103. The molecule has 0 saturated heterocycles. The van der Waals surface area contributed by atoms with Gasteiger partial charge in [0.25, 0.3) is 0 Å². The number of likely N-dealkylation sites (N-methyl/N-ethyl adjacent to an activating group) is 1. The number of anilines is 2. The minimum atomic E-state index is -0.0936. The second-order valence-electron chi connectivity index (χ2n) is 5.51. The molecule has 0 bridgehead atoms. The van der Waals surface area contributed by atoms with Crippen LogP contribution in [-0.4, -0.2) is 18.4 Å². The largest absolute Gasteiger partial charge is 0.326 e. The molecule has 1 aliphatic rings. The van der Waals surface area contributed by atoms with Gasteiger partial charge in [-0.3, -0.25) is 9.59 Å². The second-order valence-corrected chi connectivity index (χ2v) is 5.95. The van der Waals surface area contributed by atoms with Crippen LogP contribution in [0.4, 0.5) is 11.4 Å². The summed E-state index contributed by atoms with van der Waals surface area (Å²) in [5.41, 5.74) is 3.52. The Morgan fingerprint density at radius 2 is 1.96 bits per heavy atom. The third-order valence-corrected chi connectivity index (χ3v) is 4.14. The molecule has 0 aromatic heterocycles. The van der Waals surface area contributed by atoms with Crippen LogP contribution >= 0.6 is 11.6 Å². The van der Waals surface area contributed by atoms with Gasteiger partial charge in [0.1, 0.15) is 0 Å². The highest BCUT2D eigenvalue weighted by Gasteiger charge is 2.25. The van der Waals surface area contributed by atoms with Crippen LogP contribution in [0.1, 0.15) is 18.1 Å². The lowest BCUT2D eigenvalue weighted by Gasteiger charge is -2.15. The Kier molecular flexibility index (Phi) is 4.35. The van der Waals surface area contributed by atoms with Crippen molar-refractivity contribution in [2.75, 3.05) is 16.8 Å². The Morgan fingerprint density at radius 1 is 1.22 bits per heavy atom. The van der Waals surface area contributed by atoms with E-state index in [0.717, 1.165) is 16.8 Å². The molecule has 118 valence electrons. The molecule has 1 aliphatic heterocycles. The molecule has 0 spiro atoms. The Balaban J connectivity index is 1.69. The number of nitrogens with one attached hydrogen (secondary N) is 1. The fourth-order valence-electron chi connectivity index (χ4n) is 2.80. The molecule has 2 aromatic carbocycles. The third kappa shape index (κ3) is 3.37. The van der Waals surface area contributed by atoms with E-state index in [1.807, 2.05) is 37.3 Å². The van der Waals surface area contributed by atoms with E-state index in [1.165, 1.54) is 0 Å². The van der Waals surface area contributed by atoms with Crippen molar-refractivity contribution in [2.45, 2.75) is 19.8 Å². The van der Waals surface area contributed by atoms with Gasteiger partial charge in [-0.15, -0.1) is 0 Å². The average molecular weight is 329 g/mol. The van der Waals surface area contributed by atoms with Gasteiger partial charge in [0.15, 0.2) is 0 Å². The molecule has 1 heterocycles. The van der Waals surface area contributed by atoms with Crippen LogP contribution in [0, 0.1) is 0 Å². The molecule has 23 heavy (non-hydrogen) atoms. The molecule has 0 radical (unpaired) electrons. The standard InChI is InChI=1S/C18H17ClN2O2/c1-2-21-16-8-7-15(10-13(16)11-18(21)23)20-17(22)9-12-3-5-14(19)6-4-12/h3-8,10H,2,9,11H2,1H3,(H,20,22). The summed E-state index contributed by atoms with van der Waals surface area (Å²) in [5, 5.41) is 3.53. The molecule has 0 fully saturated rings. The quantitative estimate of drug-likeness (QED) is 0.934. The first-order chi connectivity index (χ1) is 11.1. The maximum absolute atomic E-state index is 12.1. The highest BCUT2D eigenvalue weighted by Crippen LogP contribution is 2.31. The summed E-state index contributed by atoms with van der Waals surface area (Å²) in [6.07, 6.45) is 0.679. The van der Waals surface area contributed by atoms with Gasteiger partial charge in [-0.25, -0.2) is 0 Å². The summed E-state index contributed by atoms with van der Waals surface area (Å²) in [7, 11) is 0. The van der Waals surface area contributed by atoms with Gasteiger partial charge in [0.2, 0.25) is 11.8 Å². The van der Waals surface area contributed by atoms with Crippen LogP contribution in [-0.2, 0) is 22.4 Å². The monoisotopic (exact) mass is 328 g/mol. The van der Waals surface area contributed by atoms with Gasteiger partial charge in [-0.05, 0) is 48.4 Å². The minimum Gasteiger partial charge on any atom is -0.326 e. The second kappa shape index (κ2) is 6.42. The molecule has 0 saturated carbocycles. The molecule has 3 rings (SSSR count). The Hall–Kier alpha value is -2.33. The van der Waals surface area contributed by atoms with E-state index in [1.54, 1.807) is 17.0 Å². The first-order valence-corrected chi connectivity index (χ1v) is 7.92. The maximum Gasteiger partial charge on any atom is 0.231 e. The van der Waals surface area contributed by atoms with Gasteiger partial charge in [0, 0.05) is 22.9 Å². The average Bonchev–Trinajstić information content (AvgIpc) is 2.83. The number of hydrogen-bond donors (Lipinski definition) is 1. The zero-order valence-corrected chi connectivity index (χ0v) is 13.6.